The summed E-state index contributed by atoms with van der Waals surface area (Å²) in [6.07, 6.45) is 8.87. The van der Waals surface area contributed by atoms with Crippen molar-refractivity contribution in [1.82, 2.24) is 15.2 Å². The first kappa shape index (κ1) is 16.4. The molecular formula is C18H31N3. The number of nitrogens with zero attached hydrogens (tertiary/aromatic N) is 2. The molecule has 3 nitrogen and oxygen atoms in total. The van der Waals surface area contributed by atoms with E-state index in [-0.39, 0.29) is 0 Å². The highest BCUT2D eigenvalue weighted by Gasteiger charge is 2.34. The first-order chi connectivity index (χ1) is 10.00. The number of pyridine rings is 1. The zero-order valence-corrected chi connectivity index (χ0v) is 14.1. The molecule has 1 aromatic heterocycles. The Kier molecular flexibility index (Phi) is 5.77. The van der Waals surface area contributed by atoms with Gasteiger partial charge in [-0.3, -0.25) is 4.98 Å². The van der Waals surface area contributed by atoms with Gasteiger partial charge in [-0.15, -0.1) is 0 Å². The van der Waals surface area contributed by atoms with E-state index in [1.165, 1.54) is 31.4 Å². The third-order valence-corrected chi connectivity index (χ3v) is 4.96. The summed E-state index contributed by atoms with van der Waals surface area (Å²) in [4.78, 5) is 6.58. The van der Waals surface area contributed by atoms with Gasteiger partial charge in [-0.2, -0.15) is 0 Å². The van der Waals surface area contributed by atoms with Crippen molar-refractivity contribution in [3.8, 4) is 0 Å². The number of nitrogens with one attached hydrogen (secondary N) is 1. The zero-order chi connectivity index (χ0) is 15.3. The third-order valence-electron chi connectivity index (χ3n) is 4.96. The van der Waals surface area contributed by atoms with Crippen molar-refractivity contribution in [2.45, 2.75) is 45.6 Å². The average molecular weight is 289 g/mol. The van der Waals surface area contributed by atoms with Crippen LogP contribution in [0.5, 0.6) is 0 Å². The van der Waals surface area contributed by atoms with Gasteiger partial charge >= 0.3 is 0 Å². The SMILES string of the molecule is CNC1CCC(C)(C)CC1CN(C)CCc1ccncc1. The van der Waals surface area contributed by atoms with Crippen molar-refractivity contribution in [3.05, 3.63) is 30.1 Å². The predicted molar refractivity (Wildman–Crippen MR) is 89.4 cm³/mol. The molecule has 0 amide bonds. The highest BCUT2D eigenvalue weighted by molar-refractivity contribution is 5.09. The third kappa shape index (κ3) is 5.08. The number of likely N-dealkylation sites (N-methyl/N-ethyl adjacent to an activating group) is 1. The summed E-state index contributed by atoms with van der Waals surface area (Å²) in [5, 5.41) is 3.54. The number of aromatic nitrogens is 1. The Morgan fingerprint density at radius 1 is 1.33 bits per heavy atom. The maximum absolute atomic E-state index is 4.08. The van der Waals surface area contributed by atoms with Crippen LogP contribution in [0.2, 0.25) is 0 Å². The van der Waals surface area contributed by atoms with Gasteiger partial charge in [0.1, 0.15) is 0 Å². The number of hydrogen-bond acceptors (Lipinski definition) is 3. The lowest BCUT2D eigenvalue weighted by Crippen LogP contribution is -2.46. The van der Waals surface area contributed by atoms with Crippen molar-refractivity contribution in [2.24, 2.45) is 11.3 Å². The van der Waals surface area contributed by atoms with Gasteiger partial charge in [0, 0.05) is 31.5 Å². The van der Waals surface area contributed by atoms with Crippen LogP contribution in [0.4, 0.5) is 0 Å². The van der Waals surface area contributed by atoms with Crippen LogP contribution in [0.3, 0.4) is 0 Å². The molecule has 3 heteroatoms. The summed E-state index contributed by atoms with van der Waals surface area (Å²) in [6, 6.07) is 4.92. The molecular weight excluding hydrogens is 258 g/mol. The van der Waals surface area contributed by atoms with E-state index in [1.807, 2.05) is 12.4 Å². The van der Waals surface area contributed by atoms with Gasteiger partial charge in [-0.1, -0.05) is 13.8 Å². The van der Waals surface area contributed by atoms with Crippen molar-refractivity contribution < 1.29 is 0 Å². The number of hydrogen-bond donors (Lipinski definition) is 1. The van der Waals surface area contributed by atoms with Crippen LogP contribution >= 0.6 is 0 Å². The van der Waals surface area contributed by atoms with E-state index in [4.69, 9.17) is 0 Å². The molecule has 1 fully saturated rings. The maximum atomic E-state index is 4.08. The first-order valence-corrected chi connectivity index (χ1v) is 8.25. The Balaban J connectivity index is 1.83. The minimum Gasteiger partial charge on any atom is -0.317 e. The molecule has 1 saturated carbocycles. The van der Waals surface area contributed by atoms with Crippen LogP contribution in [-0.4, -0.2) is 43.1 Å². The monoisotopic (exact) mass is 289 g/mol. The van der Waals surface area contributed by atoms with Gasteiger partial charge in [0.05, 0.1) is 0 Å². The lowest BCUT2D eigenvalue weighted by molar-refractivity contribution is 0.112. The Morgan fingerprint density at radius 3 is 2.71 bits per heavy atom. The van der Waals surface area contributed by atoms with E-state index in [0.717, 1.165) is 18.9 Å². The van der Waals surface area contributed by atoms with E-state index in [9.17, 15) is 0 Å². The molecule has 1 N–H and O–H groups in total. The number of rotatable bonds is 6. The second kappa shape index (κ2) is 7.37. The van der Waals surface area contributed by atoms with Crippen molar-refractivity contribution in [1.29, 1.82) is 0 Å². The second-order valence-corrected chi connectivity index (χ2v) is 7.43. The van der Waals surface area contributed by atoms with E-state index < -0.39 is 0 Å². The minimum atomic E-state index is 0.504. The summed E-state index contributed by atoms with van der Waals surface area (Å²) >= 11 is 0. The lowest BCUT2D eigenvalue weighted by atomic mass is 9.69. The summed E-state index contributed by atoms with van der Waals surface area (Å²) in [7, 11) is 4.38. The van der Waals surface area contributed by atoms with E-state index in [2.05, 4.69) is 55.3 Å². The standard InChI is InChI=1S/C18H31N3/c1-18(2)9-5-17(19-3)16(13-18)14-21(4)12-8-15-6-10-20-11-7-15/h6-7,10-11,16-17,19H,5,8-9,12-14H2,1-4H3. The van der Waals surface area contributed by atoms with Gasteiger partial charge in [0.25, 0.3) is 0 Å². The molecule has 0 spiro atoms. The fourth-order valence-electron chi connectivity index (χ4n) is 3.67. The summed E-state index contributed by atoms with van der Waals surface area (Å²) in [5.41, 5.74) is 1.88. The topological polar surface area (TPSA) is 28.2 Å². The van der Waals surface area contributed by atoms with Crippen LogP contribution in [0, 0.1) is 11.3 Å². The Bertz CT molecular complexity index is 416. The summed E-state index contributed by atoms with van der Waals surface area (Å²) in [5.74, 6) is 0.765. The molecule has 21 heavy (non-hydrogen) atoms. The molecule has 1 aliphatic rings. The molecule has 2 unspecified atom stereocenters. The van der Waals surface area contributed by atoms with Crippen LogP contribution < -0.4 is 5.32 Å². The van der Waals surface area contributed by atoms with Crippen molar-refractivity contribution >= 4 is 0 Å². The minimum absolute atomic E-state index is 0.504. The molecule has 1 aliphatic carbocycles. The quantitative estimate of drug-likeness (QED) is 0.872. The molecule has 2 rings (SSSR count). The van der Waals surface area contributed by atoms with Crippen LogP contribution in [0.25, 0.3) is 0 Å². The smallest absolute Gasteiger partial charge is 0.0270 e. The van der Waals surface area contributed by atoms with Gasteiger partial charge in [-0.25, -0.2) is 0 Å². The molecule has 0 saturated heterocycles. The Morgan fingerprint density at radius 2 is 2.05 bits per heavy atom. The summed E-state index contributed by atoms with van der Waals surface area (Å²) < 4.78 is 0. The average Bonchev–Trinajstić information content (AvgIpc) is 2.46. The first-order valence-electron chi connectivity index (χ1n) is 8.25. The molecule has 0 radical (unpaired) electrons. The van der Waals surface area contributed by atoms with Gasteiger partial charge in [-0.05, 0) is 68.8 Å². The molecule has 0 aliphatic heterocycles. The normalized spacial score (nSPS) is 25.2. The highest BCUT2D eigenvalue weighted by atomic mass is 15.1. The van der Waals surface area contributed by atoms with Gasteiger partial charge < -0.3 is 10.2 Å². The van der Waals surface area contributed by atoms with E-state index >= 15 is 0 Å². The largest absolute Gasteiger partial charge is 0.317 e. The van der Waals surface area contributed by atoms with E-state index in [1.54, 1.807) is 0 Å². The molecule has 1 heterocycles. The maximum Gasteiger partial charge on any atom is 0.0270 e. The molecule has 118 valence electrons. The fourth-order valence-corrected chi connectivity index (χ4v) is 3.67. The van der Waals surface area contributed by atoms with Crippen molar-refractivity contribution in [2.75, 3.05) is 27.2 Å². The molecule has 0 bridgehead atoms. The van der Waals surface area contributed by atoms with Gasteiger partial charge in [0.2, 0.25) is 0 Å². The zero-order valence-electron chi connectivity index (χ0n) is 14.1. The van der Waals surface area contributed by atoms with E-state index in [0.29, 0.717) is 11.5 Å². The van der Waals surface area contributed by atoms with Gasteiger partial charge in [0.15, 0.2) is 0 Å². The van der Waals surface area contributed by atoms with Crippen LogP contribution in [0.1, 0.15) is 38.7 Å². The van der Waals surface area contributed by atoms with Crippen LogP contribution in [0.15, 0.2) is 24.5 Å². The fraction of sp³-hybridized carbons (Fsp3) is 0.722. The van der Waals surface area contributed by atoms with Crippen molar-refractivity contribution in [3.63, 3.8) is 0 Å². The molecule has 0 aromatic carbocycles. The van der Waals surface area contributed by atoms with Crippen LogP contribution in [-0.2, 0) is 6.42 Å². The Labute approximate surface area is 130 Å². The Hall–Kier alpha value is -0.930. The summed E-state index contributed by atoms with van der Waals surface area (Å²) in [6.45, 7) is 7.16. The molecule has 2 atom stereocenters. The predicted octanol–water partition coefficient (Wildman–Crippen LogP) is 2.97. The second-order valence-electron chi connectivity index (χ2n) is 7.43. The lowest BCUT2D eigenvalue weighted by Gasteiger charge is -2.42. The molecule has 1 aromatic rings. The highest BCUT2D eigenvalue weighted by Crippen LogP contribution is 2.38.